The number of H-pyrrole nitrogens is 1. The van der Waals surface area contributed by atoms with Gasteiger partial charge in [0.25, 0.3) is 0 Å². The minimum atomic E-state index is 0.229. The van der Waals surface area contributed by atoms with E-state index in [0.717, 1.165) is 6.54 Å². The molecule has 2 nitrogen and oxygen atoms in total. The number of fused-ring (bicyclic) bond motifs is 4. The van der Waals surface area contributed by atoms with Crippen molar-refractivity contribution in [2.75, 3.05) is 6.54 Å². The van der Waals surface area contributed by atoms with Gasteiger partial charge in [0, 0.05) is 23.1 Å². The molecular weight excluding hydrogens is 244 g/mol. The van der Waals surface area contributed by atoms with Crippen LogP contribution in [-0.4, -0.2) is 11.5 Å². The smallest absolute Gasteiger partial charge is 0.0589 e. The van der Waals surface area contributed by atoms with Gasteiger partial charge in [-0.25, -0.2) is 0 Å². The molecule has 0 bridgehead atoms. The molecule has 1 aliphatic carbocycles. The molecule has 2 heterocycles. The molecule has 4 rings (SSSR count). The van der Waals surface area contributed by atoms with Gasteiger partial charge in [-0.15, -0.1) is 0 Å². The van der Waals surface area contributed by atoms with Gasteiger partial charge in [-0.1, -0.05) is 50.3 Å². The van der Waals surface area contributed by atoms with Crippen molar-refractivity contribution in [1.82, 2.24) is 10.3 Å². The number of benzene rings is 1. The Morgan fingerprint density at radius 2 is 1.65 bits per heavy atom. The maximum Gasteiger partial charge on any atom is 0.0589 e. The van der Waals surface area contributed by atoms with E-state index in [1.807, 2.05) is 0 Å². The molecular formula is C18H24N2. The molecule has 0 saturated heterocycles. The first kappa shape index (κ1) is 12.5. The topological polar surface area (TPSA) is 27.8 Å². The van der Waals surface area contributed by atoms with E-state index in [-0.39, 0.29) is 5.54 Å². The first-order valence-electron chi connectivity index (χ1n) is 8.24. The second-order valence-electron chi connectivity index (χ2n) is 6.55. The molecule has 1 aromatic carbocycles. The van der Waals surface area contributed by atoms with Crippen LogP contribution in [0.3, 0.4) is 0 Å². The summed E-state index contributed by atoms with van der Waals surface area (Å²) in [5.74, 6) is 0. The maximum absolute atomic E-state index is 3.89. The third-order valence-electron chi connectivity index (χ3n) is 5.34. The first-order valence-corrected chi connectivity index (χ1v) is 8.24. The van der Waals surface area contributed by atoms with Crippen molar-refractivity contribution in [3.05, 3.63) is 35.5 Å². The Labute approximate surface area is 121 Å². The maximum atomic E-state index is 3.89. The molecule has 1 aromatic heterocycles. The van der Waals surface area contributed by atoms with Crippen LogP contribution in [0.2, 0.25) is 0 Å². The van der Waals surface area contributed by atoms with Crippen molar-refractivity contribution in [3.8, 4) is 0 Å². The molecule has 2 N–H and O–H groups in total. The number of aromatic amines is 1. The van der Waals surface area contributed by atoms with Crippen LogP contribution in [-0.2, 0) is 12.0 Å². The van der Waals surface area contributed by atoms with Gasteiger partial charge in [-0.3, -0.25) is 0 Å². The van der Waals surface area contributed by atoms with Gasteiger partial charge in [0.2, 0.25) is 0 Å². The lowest BCUT2D eigenvalue weighted by atomic mass is 9.77. The molecule has 1 saturated carbocycles. The highest BCUT2D eigenvalue weighted by Crippen LogP contribution is 2.41. The fraction of sp³-hybridized carbons (Fsp3) is 0.556. The largest absolute Gasteiger partial charge is 0.357 e. The summed E-state index contributed by atoms with van der Waals surface area (Å²) in [6.45, 7) is 1.13. The van der Waals surface area contributed by atoms with E-state index in [1.54, 1.807) is 5.56 Å². The zero-order chi connectivity index (χ0) is 13.4. The quantitative estimate of drug-likeness (QED) is 0.734. The summed E-state index contributed by atoms with van der Waals surface area (Å²) in [7, 11) is 0. The Morgan fingerprint density at radius 3 is 2.50 bits per heavy atom. The average Bonchev–Trinajstić information content (AvgIpc) is 2.83. The fourth-order valence-corrected chi connectivity index (χ4v) is 4.32. The van der Waals surface area contributed by atoms with E-state index in [2.05, 4.69) is 34.6 Å². The van der Waals surface area contributed by atoms with E-state index in [0.29, 0.717) is 0 Å². The zero-order valence-corrected chi connectivity index (χ0v) is 12.2. The van der Waals surface area contributed by atoms with Crippen molar-refractivity contribution in [2.24, 2.45) is 0 Å². The highest BCUT2D eigenvalue weighted by atomic mass is 15.0. The average molecular weight is 268 g/mol. The third-order valence-corrected chi connectivity index (χ3v) is 5.34. The molecule has 0 unspecified atom stereocenters. The van der Waals surface area contributed by atoms with Crippen LogP contribution in [0.15, 0.2) is 24.3 Å². The van der Waals surface area contributed by atoms with Gasteiger partial charge in [0.1, 0.15) is 0 Å². The van der Waals surface area contributed by atoms with Crippen molar-refractivity contribution >= 4 is 10.9 Å². The van der Waals surface area contributed by atoms with Crippen molar-refractivity contribution in [1.29, 1.82) is 0 Å². The number of hydrogen-bond donors (Lipinski definition) is 2. The third kappa shape index (κ3) is 1.89. The molecule has 2 aliphatic rings. The second-order valence-corrected chi connectivity index (χ2v) is 6.55. The number of rotatable bonds is 0. The van der Waals surface area contributed by atoms with Gasteiger partial charge in [-0.05, 0) is 30.9 Å². The van der Waals surface area contributed by atoms with Crippen molar-refractivity contribution in [3.63, 3.8) is 0 Å². The summed E-state index contributed by atoms with van der Waals surface area (Å²) in [5.41, 5.74) is 4.64. The van der Waals surface area contributed by atoms with Crippen molar-refractivity contribution in [2.45, 2.75) is 56.9 Å². The van der Waals surface area contributed by atoms with Crippen LogP contribution in [0.5, 0.6) is 0 Å². The van der Waals surface area contributed by atoms with Gasteiger partial charge in [-0.2, -0.15) is 0 Å². The van der Waals surface area contributed by atoms with Gasteiger partial charge >= 0.3 is 0 Å². The van der Waals surface area contributed by atoms with E-state index < -0.39 is 0 Å². The summed E-state index contributed by atoms with van der Waals surface area (Å²) in [5, 5.41) is 5.34. The number of nitrogens with one attached hydrogen (secondary N) is 2. The predicted molar refractivity (Wildman–Crippen MR) is 84.0 cm³/mol. The van der Waals surface area contributed by atoms with Crippen LogP contribution in [0, 0.1) is 0 Å². The molecule has 1 aliphatic heterocycles. The van der Waals surface area contributed by atoms with Crippen LogP contribution < -0.4 is 5.32 Å². The van der Waals surface area contributed by atoms with E-state index in [4.69, 9.17) is 0 Å². The first-order chi connectivity index (χ1) is 9.89. The molecule has 106 valence electrons. The summed E-state index contributed by atoms with van der Waals surface area (Å²) in [6.07, 6.45) is 10.7. The Bertz CT molecular complexity index is 603. The van der Waals surface area contributed by atoms with Gasteiger partial charge < -0.3 is 10.3 Å². The van der Waals surface area contributed by atoms with E-state index in [9.17, 15) is 0 Å². The van der Waals surface area contributed by atoms with E-state index in [1.165, 1.54) is 68.0 Å². The van der Waals surface area contributed by atoms with Crippen LogP contribution in [0.4, 0.5) is 0 Å². The molecule has 2 aromatic rings. The number of para-hydroxylation sites is 1. The minimum Gasteiger partial charge on any atom is -0.357 e. The standard InChI is InChI=1S/C18H24N2/c1-2-6-11-18(12-7-3-1)17-15(10-13-19-18)14-8-4-5-9-16(14)20-17/h4-5,8-9,19-20H,1-3,6-7,10-13H2. The van der Waals surface area contributed by atoms with Crippen LogP contribution in [0.1, 0.15) is 56.2 Å². The monoisotopic (exact) mass is 268 g/mol. The number of aromatic nitrogens is 1. The minimum absolute atomic E-state index is 0.229. The SMILES string of the molecule is c1ccc2c3c([nH]c2c1)C1(CCCCCCC1)NCC3. The lowest BCUT2D eigenvalue weighted by Gasteiger charge is -2.40. The normalized spacial score (nSPS) is 22.4. The Balaban J connectivity index is 1.83. The Hall–Kier alpha value is -1.28. The highest BCUT2D eigenvalue weighted by Gasteiger charge is 2.38. The second kappa shape index (κ2) is 4.92. The lowest BCUT2D eigenvalue weighted by molar-refractivity contribution is 0.236. The molecule has 0 atom stereocenters. The molecule has 2 heteroatoms. The summed E-state index contributed by atoms with van der Waals surface area (Å²) in [6, 6.07) is 8.82. The summed E-state index contributed by atoms with van der Waals surface area (Å²) >= 11 is 0. The Morgan fingerprint density at radius 1 is 0.900 bits per heavy atom. The summed E-state index contributed by atoms with van der Waals surface area (Å²) in [4.78, 5) is 3.76. The number of hydrogen-bond acceptors (Lipinski definition) is 1. The summed E-state index contributed by atoms with van der Waals surface area (Å²) < 4.78 is 0. The zero-order valence-electron chi connectivity index (χ0n) is 12.2. The molecule has 20 heavy (non-hydrogen) atoms. The molecule has 1 spiro atoms. The van der Waals surface area contributed by atoms with Crippen LogP contribution in [0.25, 0.3) is 10.9 Å². The van der Waals surface area contributed by atoms with Crippen molar-refractivity contribution < 1.29 is 0 Å². The predicted octanol–water partition coefficient (Wildman–Crippen LogP) is 4.25. The molecule has 0 radical (unpaired) electrons. The molecule has 0 amide bonds. The van der Waals surface area contributed by atoms with Gasteiger partial charge in [0.15, 0.2) is 0 Å². The fourth-order valence-electron chi connectivity index (χ4n) is 4.32. The highest BCUT2D eigenvalue weighted by molar-refractivity contribution is 5.85. The van der Waals surface area contributed by atoms with Crippen LogP contribution >= 0.6 is 0 Å². The van der Waals surface area contributed by atoms with Gasteiger partial charge in [0.05, 0.1) is 5.54 Å². The molecule has 1 fully saturated rings. The Kier molecular flexibility index (Phi) is 3.07. The lowest BCUT2D eigenvalue weighted by Crippen LogP contribution is -2.47. The van der Waals surface area contributed by atoms with E-state index >= 15 is 0 Å².